The van der Waals surface area contributed by atoms with Crippen LogP contribution in [0.3, 0.4) is 0 Å². The maximum Gasteiger partial charge on any atom is 0.231 e. The Morgan fingerprint density at radius 2 is 2.06 bits per heavy atom. The normalized spacial score (nSPS) is 10.4. The summed E-state index contributed by atoms with van der Waals surface area (Å²) in [7, 11) is 0. The molecular formula is C11H5BrClFO2. The van der Waals surface area contributed by atoms with Crippen LogP contribution >= 0.6 is 27.5 Å². The summed E-state index contributed by atoms with van der Waals surface area (Å²) in [6.07, 6.45) is 0. The highest BCUT2D eigenvalue weighted by Gasteiger charge is 2.18. The van der Waals surface area contributed by atoms with E-state index in [1.807, 2.05) is 0 Å². The van der Waals surface area contributed by atoms with Gasteiger partial charge < -0.3 is 4.42 Å². The molecule has 5 heteroatoms. The number of furan rings is 1. The number of carbonyl (C=O) groups excluding carboxylic acids is 1. The molecule has 0 radical (unpaired) electrons. The van der Waals surface area contributed by atoms with Crippen LogP contribution in [0, 0.1) is 5.82 Å². The van der Waals surface area contributed by atoms with Crippen LogP contribution in [0.5, 0.6) is 0 Å². The molecule has 2 aromatic rings. The fraction of sp³-hybridized carbons (Fsp3) is 0. The van der Waals surface area contributed by atoms with E-state index in [1.54, 1.807) is 6.07 Å². The molecule has 0 saturated carbocycles. The average molecular weight is 304 g/mol. The van der Waals surface area contributed by atoms with Crippen LogP contribution in [0.4, 0.5) is 4.39 Å². The van der Waals surface area contributed by atoms with E-state index in [1.165, 1.54) is 24.3 Å². The van der Waals surface area contributed by atoms with E-state index < -0.39 is 11.6 Å². The summed E-state index contributed by atoms with van der Waals surface area (Å²) in [5, 5.41) is 0.0961. The predicted molar refractivity (Wildman–Crippen MR) is 61.3 cm³/mol. The minimum absolute atomic E-state index is 0.0157. The zero-order chi connectivity index (χ0) is 11.7. The quantitative estimate of drug-likeness (QED) is 0.783. The second kappa shape index (κ2) is 4.39. The van der Waals surface area contributed by atoms with Crippen molar-refractivity contribution in [3.63, 3.8) is 0 Å². The second-order valence-electron chi connectivity index (χ2n) is 3.03. The van der Waals surface area contributed by atoms with Crippen molar-refractivity contribution >= 4 is 33.3 Å². The number of halogens is 3. The highest BCUT2D eigenvalue weighted by Crippen LogP contribution is 2.22. The molecule has 0 N–H and O–H groups in total. The Morgan fingerprint density at radius 3 is 2.69 bits per heavy atom. The maximum absolute atomic E-state index is 13.6. The molecule has 0 aliphatic heterocycles. The lowest BCUT2D eigenvalue weighted by molar-refractivity contribution is 0.100. The van der Waals surface area contributed by atoms with E-state index in [2.05, 4.69) is 15.9 Å². The maximum atomic E-state index is 13.6. The number of hydrogen-bond acceptors (Lipinski definition) is 2. The van der Waals surface area contributed by atoms with Gasteiger partial charge in [0, 0.05) is 0 Å². The van der Waals surface area contributed by atoms with Crippen LogP contribution in [-0.4, -0.2) is 5.78 Å². The molecule has 0 fully saturated rings. The minimum Gasteiger partial charge on any atom is -0.441 e. The summed E-state index contributed by atoms with van der Waals surface area (Å²) < 4.78 is 18.8. The molecule has 0 aliphatic rings. The summed E-state index contributed by atoms with van der Waals surface area (Å²) in [5.74, 6) is -1.13. The standard InChI is InChI=1S/C11H5BrClFO2/c12-7-3-1-2-6(10(7)14)11(15)8-4-5-9(13)16-8/h1-5H. The largest absolute Gasteiger partial charge is 0.441 e. The Bertz CT molecular complexity index is 551. The van der Waals surface area contributed by atoms with E-state index in [0.29, 0.717) is 0 Å². The van der Waals surface area contributed by atoms with Crippen molar-refractivity contribution in [1.82, 2.24) is 0 Å². The van der Waals surface area contributed by atoms with Crippen LogP contribution in [0.1, 0.15) is 16.1 Å². The van der Waals surface area contributed by atoms with Gasteiger partial charge in [-0.05, 0) is 51.8 Å². The highest BCUT2D eigenvalue weighted by molar-refractivity contribution is 9.10. The molecule has 1 aromatic heterocycles. The summed E-state index contributed by atoms with van der Waals surface area (Å²) in [6.45, 7) is 0. The molecule has 0 spiro atoms. The number of benzene rings is 1. The number of hydrogen-bond donors (Lipinski definition) is 0. The first-order valence-electron chi connectivity index (χ1n) is 4.33. The molecule has 0 amide bonds. The van der Waals surface area contributed by atoms with Crippen molar-refractivity contribution in [3.05, 3.63) is 57.2 Å². The molecule has 2 rings (SSSR count). The molecule has 0 aliphatic carbocycles. The highest BCUT2D eigenvalue weighted by atomic mass is 79.9. The van der Waals surface area contributed by atoms with Crippen molar-refractivity contribution in [3.8, 4) is 0 Å². The van der Waals surface area contributed by atoms with Gasteiger partial charge >= 0.3 is 0 Å². The van der Waals surface area contributed by atoms with Gasteiger partial charge in [0.05, 0.1) is 10.0 Å². The topological polar surface area (TPSA) is 30.2 Å². The Balaban J connectivity index is 2.45. The fourth-order valence-corrected chi connectivity index (χ4v) is 1.76. The van der Waals surface area contributed by atoms with Gasteiger partial charge in [-0.3, -0.25) is 4.79 Å². The van der Waals surface area contributed by atoms with Gasteiger partial charge in [0.15, 0.2) is 11.0 Å². The zero-order valence-electron chi connectivity index (χ0n) is 7.84. The monoisotopic (exact) mass is 302 g/mol. The summed E-state index contributed by atoms with van der Waals surface area (Å²) in [5.41, 5.74) is -0.0552. The van der Waals surface area contributed by atoms with E-state index in [-0.39, 0.29) is 21.0 Å². The SMILES string of the molecule is O=C(c1ccc(Cl)o1)c1cccc(Br)c1F. The third-order valence-electron chi connectivity index (χ3n) is 1.99. The van der Waals surface area contributed by atoms with Gasteiger partial charge in [-0.25, -0.2) is 4.39 Å². The van der Waals surface area contributed by atoms with E-state index >= 15 is 0 Å². The number of carbonyl (C=O) groups is 1. The van der Waals surface area contributed by atoms with Crippen LogP contribution in [0.2, 0.25) is 5.22 Å². The van der Waals surface area contributed by atoms with Gasteiger partial charge in [0.2, 0.25) is 5.78 Å². The molecule has 16 heavy (non-hydrogen) atoms. The second-order valence-corrected chi connectivity index (χ2v) is 4.26. The van der Waals surface area contributed by atoms with E-state index in [0.717, 1.165) is 0 Å². The first-order valence-corrected chi connectivity index (χ1v) is 5.50. The number of ketones is 1. The lowest BCUT2D eigenvalue weighted by Gasteiger charge is -2.01. The van der Waals surface area contributed by atoms with Gasteiger partial charge in [-0.1, -0.05) is 6.07 Å². The Morgan fingerprint density at radius 1 is 1.31 bits per heavy atom. The summed E-state index contributed by atoms with van der Waals surface area (Å²) in [4.78, 5) is 11.8. The van der Waals surface area contributed by atoms with E-state index in [4.69, 9.17) is 16.0 Å². The minimum atomic E-state index is -0.611. The Kier molecular flexibility index (Phi) is 3.12. The Labute approximate surface area is 104 Å². The lowest BCUT2D eigenvalue weighted by Crippen LogP contribution is -2.03. The zero-order valence-corrected chi connectivity index (χ0v) is 10.2. The molecule has 1 heterocycles. The van der Waals surface area contributed by atoms with Gasteiger partial charge in [-0.15, -0.1) is 0 Å². The van der Waals surface area contributed by atoms with Gasteiger partial charge in [-0.2, -0.15) is 0 Å². The van der Waals surface area contributed by atoms with Crippen LogP contribution in [0.25, 0.3) is 0 Å². The molecule has 0 saturated heterocycles. The molecule has 1 aromatic carbocycles. The van der Waals surface area contributed by atoms with Crippen molar-refractivity contribution in [2.45, 2.75) is 0 Å². The van der Waals surface area contributed by atoms with Gasteiger partial charge in [0.1, 0.15) is 5.82 Å². The van der Waals surface area contributed by atoms with Crippen molar-refractivity contribution in [1.29, 1.82) is 0 Å². The average Bonchev–Trinajstić information content (AvgIpc) is 2.68. The summed E-state index contributed by atoms with van der Waals surface area (Å²) in [6, 6.07) is 7.32. The molecule has 0 unspecified atom stereocenters. The van der Waals surface area contributed by atoms with Crippen molar-refractivity contribution in [2.75, 3.05) is 0 Å². The molecule has 0 atom stereocenters. The van der Waals surface area contributed by atoms with Crippen LogP contribution in [0.15, 0.2) is 39.2 Å². The fourth-order valence-electron chi connectivity index (χ4n) is 1.25. The van der Waals surface area contributed by atoms with Gasteiger partial charge in [0.25, 0.3) is 0 Å². The van der Waals surface area contributed by atoms with Crippen molar-refractivity contribution < 1.29 is 13.6 Å². The molecule has 82 valence electrons. The van der Waals surface area contributed by atoms with Crippen molar-refractivity contribution in [2.24, 2.45) is 0 Å². The van der Waals surface area contributed by atoms with Crippen LogP contribution < -0.4 is 0 Å². The Hall–Kier alpha value is -1.13. The molecular weight excluding hydrogens is 298 g/mol. The predicted octanol–water partition coefficient (Wildman–Crippen LogP) is 4.07. The van der Waals surface area contributed by atoms with Crippen LogP contribution in [-0.2, 0) is 0 Å². The lowest BCUT2D eigenvalue weighted by atomic mass is 10.1. The third-order valence-corrected chi connectivity index (χ3v) is 2.81. The van der Waals surface area contributed by atoms with E-state index in [9.17, 15) is 9.18 Å². The first kappa shape index (κ1) is 11.4. The smallest absolute Gasteiger partial charge is 0.231 e. The third kappa shape index (κ3) is 2.03. The molecule has 2 nitrogen and oxygen atoms in total. The summed E-state index contributed by atoms with van der Waals surface area (Å²) >= 11 is 8.55. The number of rotatable bonds is 2. The molecule has 0 bridgehead atoms. The first-order chi connectivity index (χ1) is 7.59.